The van der Waals surface area contributed by atoms with Gasteiger partial charge in [-0.2, -0.15) is 0 Å². The number of carboxylic acid groups (broad SMARTS) is 1. The molecule has 0 amide bonds. The molecule has 0 saturated carbocycles. The molecule has 76 valence electrons. The first-order chi connectivity index (χ1) is 7.27. The Morgan fingerprint density at radius 1 is 1.53 bits per heavy atom. The molecule has 2 rings (SSSR count). The normalized spacial score (nSPS) is 11.6. The highest BCUT2D eigenvalue weighted by Crippen LogP contribution is 2.22. The molecule has 0 aliphatic heterocycles. The van der Waals surface area contributed by atoms with Gasteiger partial charge in [0.05, 0.1) is 16.8 Å². The second-order valence-corrected chi connectivity index (χ2v) is 4.42. The smallest absolute Gasteiger partial charge is 0.337 e. The first kappa shape index (κ1) is 10.1. The molecule has 0 spiro atoms. The van der Waals surface area contributed by atoms with E-state index >= 15 is 0 Å². The molecule has 0 unspecified atom stereocenters. The Bertz CT molecular complexity index is 472. The van der Waals surface area contributed by atoms with Crippen LogP contribution in [0.25, 0.3) is 11.6 Å². The average molecular weight is 237 g/mol. The topological polar surface area (TPSA) is 50.2 Å². The van der Waals surface area contributed by atoms with Crippen molar-refractivity contribution < 1.29 is 9.90 Å². The van der Waals surface area contributed by atoms with Crippen LogP contribution >= 0.6 is 22.7 Å². The van der Waals surface area contributed by atoms with Crippen molar-refractivity contribution in [2.75, 3.05) is 0 Å². The summed E-state index contributed by atoms with van der Waals surface area (Å²) in [6.45, 7) is 0. The van der Waals surface area contributed by atoms with Crippen molar-refractivity contribution in [1.82, 2.24) is 4.98 Å². The van der Waals surface area contributed by atoms with Gasteiger partial charge in [0, 0.05) is 10.3 Å². The van der Waals surface area contributed by atoms with E-state index in [1.165, 1.54) is 22.7 Å². The number of nitrogens with zero attached hydrogens (tertiary/aromatic N) is 1. The molecule has 0 saturated heterocycles. The van der Waals surface area contributed by atoms with Crippen LogP contribution in [0.3, 0.4) is 0 Å². The van der Waals surface area contributed by atoms with E-state index in [-0.39, 0.29) is 5.57 Å². The van der Waals surface area contributed by atoms with E-state index in [4.69, 9.17) is 5.11 Å². The van der Waals surface area contributed by atoms with Crippen LogP contribution in [0, 0.1) is 0 Å². The number of thiophene rings is 1. The Kier molecular flexibility index (Phi) is 2.94. The van der Waals surface area contributed by atoms with Crippen molar-refractivity contribution in [3.8, 4) is 0 Å². The van der Waals surface area contributed by atoms with Crippen LogP contribution in [0.15, 0.2) is 28.4 Å². The van der Waals surface area contributed by atoms with Gasteiger partial charge in [-0.05, 0) is 17.5 Å². The summed E-state index contributed by atoms with van der Waals surface area (Å²) in [5, 5.41) is 12.7. The summed E-state index contributed by atoms with van der Waals surface area (Å²) in [7, 11) is 0. The highest BCUT2D eigenvalue weighted by Gasteiger charge is 2.11. The lowest BCUT2D eigenvalue weighted by molar-refractivity contribution is -0.130. The van der Waals surface area contributed by atoms with Gasteiger partial charge < -0.3 is 5.11 Å². The van der Waals surface area contributed by atoms with E-state index in [9.17, 15) is 4.79 Å². The van der Waals surface area contributed by atoms with Gasteiger partial charge in [-0.25, -0.2) is 9.78 Å². The fraction of sp³-hybridized carbons (Fsp3) is 0. The van der Waals surface area contributed by atoms with Gasteiger partial charge in [0.15, 0.2) is 0 Å². The minimum atomic E-state index is -0.926. The summed E-state index contributed by atoms with van der Waals surface area (Å²) in [4.78, 5) is 15.8. The summed E-state index contributed by atoms with van der Waals surface area (Å²) < 4.78 is 0. The molecular weight excluding hydrogens is 230 g/mol. The van der Waals surface area contributed by atoms with Crippen LogP contribution in [0.1, 0.15) is 10.6 Å². The number of carboxylic acids is 1. The number of carbonyl (C=O) groups is 1. The van der Waals surface area contributed by atoms with Gasteiger partial charge in [0.2, 0.25) is 0 Å². The maximum absolute atomic E-state index is 11.0. The number of aliphatic carboxylic acids is 1. The van der Waals surface area contributed by atoms with E-state index in [2.05, 4.69) is 4.98 Å². The van der Waals surface area contributed by atoms with Crippen LogP contribution < -0.4 is 0 Å². The van der Waals surface area contributed by atoms with Crippen molar-refractivity contribution in [1.29, 1.82) is 0 Å². The second kappa shape index (κ2) is 4.37. The Hall–Kier alpha value is -1.46. The monoisotopic (exact) mass is 237 g/mol. The van der Waals surface area contributed by atoms with Gasteiger partial charge in [-0.3, -0.25) is 0 Å². The molecule has 3 nitrogen and oxygen atoms in total. The molecule has 2 aromatic rings. The van der Waals surface area contributed by atoms with Crippen molar-refractivity contribution in [2.24, 2.45) is 0 Å². The fourth-order valence-corrected chi connectivity index (χ4v) is 2.36. The predicted octanol–water partition coefficient (Wildman–Crippen LogP) is 2.83. The molecule has 0 radical (unpaired) electrons. The van der Waals surface area contributed by atoms with Gasteiger partial charge in [0.1, 0.15) is 0 Å². The number of hydrogen-bond acceptors (Lipinski definition) is 4. The average Bonchev–Trinajstić information content (AvgIpc) is 2.87. The summed E-state index contributed by atoms with van der Waals surface area (Å²) >= 11 is 2.85. The number of aromatic nitrogens is 1. The molecule has 2 aromatic heterocycles. The zero-order chi connectivity index (χ0) is 10.7. The molecule has 0 fully saturated rings. The summed E-state index contributed by atoms with van der Waals surface area (Å²) in [5.74, 6) is -0.926. The third-order valence-corrected chi connectivity index (χ3v) is 3.27. The first-order valence-electron chi connectivity index (χ1n) is 4.14. The van der Waals surface area contributed by atoms with Gasteiger partial charge >= 0.3 is 5.97 Å². The van der Waals surface area contributed by atoms with Gasteiger partial charge in [0.25, 0.3) is 0 Å². The van der Waals surface area contributed by atoms with Crippen molar-refractivity contribution >= 4 is 40.3 Å². The predicted molar refractivity (Wildman–Crippen MR) is 61.9 cm³/mol. The molecule has 5 heteroatoms. The number of thiazole rings is 1. The lowest BCUT2D eigenvalue weighted by atomic mass is 10.2. The van der Waals surface area contributed by atoms with Gasteiger partial charge in [-0.15, -0.1) is 22.7 Å². The zero-order valence-corrected chi connectivity index (χ0v) is 9.22. The Balaban J connectivity index is 2.41. The maximum Gasteiger partial charge on any atom is 0.337 e. The molecule has 15 heavy (non-hydrogen) atoms. The highest BCUT2D eigenvalue weighted by atomic mass is 32.1. The van der Waals surface area contributed by atoms with Crippen LogP contribution in [0.2, 0.25) is 0 Å². The zero-order valence-electron chi connectivity index (χ0n) is 7.58. The van der Waals surface area contributed by atoms with E-state index in [1.54, 1.807) is 17.7 Å². The van der Waals surface area contributed by atoms with E-state index < -0.39 is 5.97 Å². The third kappa shape index (κ3) is 2.31. The fourth-order valence-electron chi connectivity index (χ4n) is 1.11. The highest BCUT2D eigenvalue weighted by molar-refractivity contribution is 7.11. The largest absolute Gasteiger partial charge is 0.478 e. The van der Waals surface area contributed by atoms with Crippen LogP contribution in [0.4, 0.5) is 0 Å². The molecule has 1 N–H and O–H groups in total. The minimum Gasteiger partial charge on any atom is -0.478 e. The standard InChI is InChI=1S/C10H7NO2S2/c12-10(13)8(9-2-1-3-15-9)4-7-5-14-6-11-7/h1-6H,(H,12,13)/b8-4+. The summed E-state index contributed by atoms with van der Waals surface area (Å²) in [6, 6.07) is 3.62. The number of hydrogen-bond donors (Lipinski definition) is 1. The van der Waals surface area contributed by atoms with Crippen molar-refractivity contribution in [3.05, 3.63) is 39.0 Å². The molecule has 0 bridgehead atoms. The summed E-state index contributed by atoms with van der Waals surface area (Å²) in [6.07, 6.45) is 1.59. The Morgan fingerprint density at radius 2 is 2.40 bits per heavy atom. The lowest BCUT2D eigenvalue weighted by Gasteiger charge is -1.96. The SMILES string of the molecule is O=C(O)/C(=C/c1cscn1)c1cccs1. The van der Waals surface area contributed by atoms with Gasteiger partial charge in [-0.1, -0.05) is 6.07 Å². The van der Waals surface area contributed by atoms with Crippen LogP contribution in [-0.4, -0.2) is 16.1 Å². The molecule has 0 aliphatic rings. The molecule has 0 atom stereocenters. The van der Waals surface area contributed by atoms with E-state index in [0.29, 0.717) is 5.69 Å². The van der Waals surface area contributed by atoms with Crippen molar-refractivity contribution in [2.45, 2.75) is 0 Å². The van der Waals surface area contributed by atoms with E-state index in [1.807, 2.05) is 16.8 Å². The molecule has 0 aromatic carbocycles. The maximum atomic E-state index is 11.0. The van der Waals surface area contributed by atoms with Crippen molar-refractivity contribution in [3.63, 3.8) is 0 Å². The van der Waals surface area contributed by atoms with Crippen LogP contribution in [0.5, 0.6) is 0 Å². The second-order valence-electron chi connectivity index (χ2n) is 2.75. The summed E-state index contributed by atoms with van der Waals surface area (Å²) in [5.41, 5.74) is 2.65. The minimum absolute atomic E-state index is 0.288. The molecule has 2 heterocycles. The number of rotatable bonds is 3. The Morgan fingerprint density at radius 3 is 2.93 bits per heavy atom. The quantitative estimate of drug-likeness (QED) is 0.835. The van der Waals surface area contributed by atoms with E-state index in [0.717, 1.165) is 4.88 Å². The Labute approximate surface area is 94.3 Å². The first-order valence-corrected chi connectivity index (χ1v) is 5.96. The van der Waals surface area contributed by atoms with Crippen LogP contribution in [-0.2, 0) is 4.79 Å². The molecule has 0 aliphatic carbocycles. The molecular formula is C10H7NO2S2. The lowest BCUT2D eigenvalue weighted by Crippen LogP contribution is -1.97. The third-order valence-electron chi connectivity index (χ3n) is 1.76.